The highest BCUT2D eigenvalue weighted by molar-refractivity contribution is 5.61. The van der Waals surface area contributed by atoms with E-state index < -0.39 is 0 Å². The molecule has 1 aliphatic carbocycles. The molecule has 5 heteroatoms. The van der Waals surface area contributed by atoms with Crippen molar-refractivity contribution < 1.29 is 4.92 Å². The Morgan fingerprint density at radius 2 is 2.00 bits per heavy atom. The van der Waals surface area contributed by atoms with Crippen LogP contribution in [0, 0.1) is 23.0 Å². The second-order valence-electron chi connectivity index (χ2n) is 6.29. The fourth-order valence-corrected chi connectivity index (χ4v) is 3.13. The van der Waals surface area contributed by atoms with Gasteiger partial charge < -0.3 is 10.2 Å². The van der Waals surface area contributed by atoms with Crippen LogP contribution >= 0.6 is 0 Å². The molecule has 0 bridgehead atoms. The summed E-state index contributed by atoms with van der Waals surface area (Å²) < 4.78 is 0. The van der Waals surface area contributed by atoms with E-state index in [-0.39, 0.29) is 10.6 Å². The molecule has 1 heterocycles. The Hall–Kier alpha value is -1.62. The highest BCUT2D eigenvalue weighted by Crippen LogP contribution is 2.31. The molecule has 0 spiro atoms. The van der Waals surface area contributed by atoms with Gasteiger partial charge in [-0.2, -0.15) is 0 Å². The van der Waals surface area contributed by atoms with E-state index in [1.165, 1.54) is 19.4 Å². The molecule has 114 valence electrons. The van der Waals surface area contributed by atoms with Crippen LogP contribution in [0.2, 0.25) is 0 Å². The van der Waals surface area contributed by atoms with Crippen molar-refractivity contribution in [3.05, 3.63) is 33.9 Å². The molecule has 0 aromatic heterocycles. The molecule has 2 aliphatic rings. The Balaban J connectivity index is 1.61. The second kappa shape index (κ2) is 6.02. The first-order chi connectivity index (χ1) is 10.1. The average Bonchev–Trinajstić information content (AvgIpc) is 3.30. The minimum atomic E-state index is -0.289. The van der Waals surface area contributed by atoms with E-state index in [0.29, 0.717) is 6.04 Å². The number of hydrogen-bond donors (Lipinski definition) is 1. The van der Waals surface area contributed by atoms with Crippen LogP contribution in [0.5, 0.6) is 0 Å². The third-order valence-electron chi connectivity index (χ3n) is 4.70. The summed E-state index contributed by atoms with van der Waals surface area (Å²) in [7, 11) is 0. The first-order valence-corrected chi connectivity index (χ1v) is 7.87. The van der Waals surface area contributed by atoms with Gasteiger partial charge in [0, 0.05) is 30.9 Å². The molecule has 5 nitrogen and oxygen atoms in total. The standard InChI is InChI=1S/C16H23N3O2/c1-12-15(3-2-4-16(12)19(20)21)18-9-7-14(8-10-18)17-11-13-5-6-13/h2-4,13-14,17H,5-11H2,1H3. The van der Waals surface area contributed by atoms with Gasteiger partial charge in [-0.25, -0.2) is 0 Å². The zero-order valence-corrected chi connectivity index (χ0v) is 12.5. The lowest BCUT2D eigenvalue weighted by molar-refractivity contribution is -0.385. The van der Waals surface area contributed by atoms with E-state index in [0.717, 1.165) is 43.1 Å². The van der Waals surface area contributed by atoms with E-state index >= 15 is 0 Å². The van der Waals surface area contributed by atoms with Crippen LogP contribution in [0.3, 0.4) is 0 Å². The summed E-state index contributed by atoms with van der Waals surface area (Å²) in [5, 5.41) is 14.7. The largest absolute Gasteiger partial charge is 0.371 e. The minimum absolute atomic E-state index is 0.224. The summed E-state index contributed by atoms with van der Waals surface area (Å²) in [5.74, 6) is 0.919. The number of nitrogens with zero attached hydrogens (tertiary/aromatic N) is 2. The van der Waals surface area contributed by atoms with Crippen LogP contribution in [0.4, 0.5) is 11.4 Å². The molecule has 1 saturated carbocycles. The predicted octanol–water partition coefficient (Wildman–Crippen LogP) is 2.87. The van der Waals surface area contributed by atoms with Crippen molar-refractivity contribution in [3.63, 3.8) is 0 Å². The van der Waals surface area contributed by atoms with Gasteiger partial charge in [-0.15, -0.1) is 0 Å². The molecule has 0 atom stereocenters. The maximum atomic E-state index is 11.0. The Labute approximate surface area is 125 Å². The summed E-state index contributed by atoms with van der Waals surface area (Å²) in [6.07, 6.45) is 5.02. The lowest BCUT2D eigenvalue weighted by Crippen LogP contribution is -2.43. The molecule has 1 aromatic rings. The highest BCUT2D eigenvalue weighted by atomic mass is 16.6. The van der Waals surface area contributed by atoms with Gasteiger partial charge in [0.1, 0.15) is 0 Å². The smallest absolute Gasteiger partial charge is 0.274 e. The van der Waals surface area contributed by atoms with Gasteiger partial charge in [0.2, 0.25) is 0 Å². The first kappa shape index (κ1) is 14.3. The third kappa shape index (κ3) is 3.35. The van der Waals surface area contributed by atoms with E-state index in [1.54, 1.807) is 12.1 Å². The molecule has 3 rings (SSSR count). The van der Waals surface area contributed by atoms with Crippen LogP contribution in [-0.2, 0) is 0 Å². The lowest BCUT2D eigenvalue weighted by atomic mass is 10.0. The summed E-state index contributed by atoms with van der Waals surface area (Å²) in [4.78, 5) is 13.0. The molecular formula is C16H23N3O2. The van der Waals surface area contributed by atoms with Gasteiger partial charge in [-0.3, -0.25) is 10.1 Å². The van der Waals surface area contributed by atoms with E-state index in [1.807, 2.05) is 13.0 Å². The number of anilines is 1. The number of piperidine rings is 1. The van der Waals surface area contributed by atoms with Crippen LogP contribution < -0.4 is 10.2 Å². The summed E-state index contributed by atoms with van der Waals surface area (Å²) in [6.45, 7) is 4.97. The zero-order chi connectivity index (χ0) is 14.8. The molecule has 1 aromatic carbocycles. The fraction of sp³-hybridized carbons (Fsp3) is 0.625. The Bertz CT molecular complexity index is 520. The molecule has 2 fully saturated rings. The lowest BCUT2D eigenvalue weighted by Gasteiger charge is -2.34. The zero-order valence-electron chi connectivity index (χ0n) is 12.5. The molecule has 0 unspecified atom stereocenters. The highest BCUT2D eigenvalue weighted by Gasteiger charge is 2.25. The van der Waals surface area contributed by atoms with Crippen LogP contribution in [0.1, 0.15) is 31.2 Å². The Morgan fingerprint density at radius 1 is 1.29 bits per heavy atom. The predicted molar refractivity (Wildman–Crippen MR) is 83.8 cm³/mol. The molecule has 1 saturated heterocycles. The number of nitro benzene ring substituents is 1. The van der Waals surface area contributed by atoms with Crippen molar-refractivity contribution in [2.75, 3.05) is 24.5 Å². The Kier molecular flexibility index (Phi) is 4.10. The number of nitro groups is 1. The number of nitrogens with one attached hydrogen (secondary N) is 1. The van der Waals surface area contributed by atoms with E-state index in [4.69, 9.17) is 0 Å². The molecule has 0 radical (unpaired) electrons. The van der Waals surface area contributed by atoms with E-state index in [2.05, 4.69) is 10.2 Å². The summed E-state index contributed by atoms with van der Waals surface area (Å²) >= 11 is 0. The van der Waals surface area contributed by atoms with Crippen molar-refractivity contribution >= 4 is 11.4 Å². The van der Waals surface area contributed by atoms with Crippen molar-refractivity contribution in [2.24, 2.45) is 5.92 Å². The van der Waals surface area contributed by atoms with Gasteiger partial charge in [-0.1, -0.05) is 6.07 Å². The van der Waals surface area contributed by atoms with Crippen molar-refractivity contribution in [1.82, 2.24) is 5.32 Å². The van der Waals surface area contributed by atoms with Gasteiger partial charge in [0.05, 0.1) is 10.5 Å². The van der Waals surface area contributed by atoms with Gasteiger partial charge in [0.15, 0.2) is 0 Å². The molecule has 1 N–H and O–H groups in total. The third-order valence-corrected chi connectivity index (χ3v) is 4.70. The maximum Gasteiger partial charge on any atom is 0.274 e. The normalized spacial score (nSPS) is 19.8. The SMILES string of the molecule is Cc1c(N2CCC(NCC3CC3)CC2)cccc1[N+](=O)[O-]. The molecule has 21 heavy (non-hydrogen) atoms. The van der Waals surface area contributed by atoms with E-state index in [9.17, 15) is 10.1 Å². The number of hydrogen-bond acceptors (Lipinski definition) is 4. The first-order valence-electron chi connectivity index (χ1n) is 7.87. The number of rotatable bonds is 5. The summed E-state index contributed by atoms with van der Waals surface area (Å²) in [5.41, 5.74) is 2.03. The molecule has 1 aliphatic heterocycles. The summed E-state index contributed by atoms with van der Waals surface area (Å²) in [6, 6.07) is 5.99. The topological polar surface area (TPSA) is 58.4 Å². The van der Waals surface area contributed by atoms with Crippen molar-refractivity contribution in [3.8, 4) is 0 Å². The van der Waals surface area contributed by atoms with Crippen LogP contribution in [0.15, 0.2) is 18.2 Å². The maximum absolute atomic E-state index is 11.0. The average molecular weight is 289 g/mol. The molecule has 0 amide bonds. The monoisotopic (exact) mass is 289 g/mol. The van der Waals surface area contributed by atoms with Gasteiger partial charge in [0.25, 0.3) is 5.69 Å². The van der Waals surface area contributed by atoms with Gasteiger partial charge >= 0.3 is 0 Å². The fourth-order valence-electron chi connectivity index (χ4n) is 3.13. The minimum Gasteiger partial charge on any atom is -0.371 e. The van der Waals surface area contributed by atoms with Crippen LogP contribution in [0.25, 0.3) is 0 Å². The number of benzene rings is 1. The van der Waals surface area contributed by atoms with Crippen molar-refractivity contribution in [1.29, 1.82) is 0 Å². The van der Waals surface area contributed by atoms with Crippen LogP contribution in [-0.4, -0.2) is 30.6 Å². The second-order valence-corrected chi connectivity index (χ2v) is 6.29. The van der Waals surface area contributed by atoms with Crippen molar-refractivity contribution in [2.45, 2.75) is 38.6 Å². The van der Waals surface area contributed by atoms with Gasteiger partial charge in [-0.05, 0) is 51.1 Å². The Morgan fingerprint density at radius 3 is 2.62 bits per heavy atom. The quantitative estimate of drug-likeness (QED) is 0.669. The molecular weight excluding hydrogens is 266 g/mol.